The summed E-state index contributed by atoms with van der Waals surface area (Å²) in [5.74, 6) is 0.964. The monoisotopic (exact) mass is 292 g/mol. The zero-order chi connectivity index (χ0) is 14.7. The van der Waals surface area contributed by atoms with Gasteiger partial charge in [-0.1, -0.05) is 6.07 Å². The molecule has 1 heterocycles. The maximum absolute atomic E-state index is 11.1. The van der Waals surface area contributed by atoms with Gasteiger partial charge >= 0.3 is 5.69 Å². The molecule has 2 aromatic rings. The third-order valence-corrected chi connectivity index (χ3v) is 3.05. The zero-order valence-corrected chi connectivity index (χ0v) is 11.8. The van der Waals surface area contributed by atoms with Gasteiger partial charge in [-0.3, -0.25) is 15.1 Å². The summed E-state index contributed by atoms with van der Waals surface area (Å²) in [5, 5.41) is 11.1. The van der Waals surface area contributed by atoms with Crippen molar-refractivity contribution < 1.29 is 9.66 Å². The Bertz CT molecular complexity index is 659. The Labute approximate surface area is 121 Å². The normalized spacial score (nSPS) is 10.3. The SMILES string of the molecule is Cc1cc(C)c(Oc2cncc(CCl)c2)c([N+](=O)[O-])c1. The third-order valence-electron chi connectivity index (χ3n) is 2.74. The van der Waals surface area contributed by atoms with Crippen molar-refractivity contribution in [3.63, 3.8) is 0 Å². The van der Waals surface area contributed by atoms with Crippen molar-refractivity contribution in [2.75, 3.05) is 0 Å². The minimum atomic E-state index is -0.450. The van der Waals surface area contributed by atoms with Gasteiger partial charge in [0.15, 0.2) is 0 Å². The molecule has 0 atom stereocenters. The van der Waals surface area contributed by atoms with Gasteiger partial charge in [0.1, 0.15) is 5.75 Å². The van der Waals surface area contributed by atoms with Gasteiger partial charge < -0.3 is 4.74 Å². The lowest BCUT2D eigenvalue weighted by Gasteiger charge is -2.10. The molecule has 0 aliphatic carbocycles. The summed E-state index contributed by atoms with van der Waals surface area (Å²) in [6.07, 6.45) is 3.12. The van der Waals surface area contributed by atoms with E-state index in [-0.39, 0.29) is 11.4 Å². The molecule has 5 nitrogen and oxygen atoms in total. The van der Waals surface area contributed by atoms with E-state index in [0.29, 0.717) is 17.2 Å². The summed E-state index contributed by atoms with van der Waals surface area (Å²) in [6.45, 7) is 3.58. The number of benzene rings is 1. The number of alkyl halides is 1. The second-order valence-corrected chi connectivity index (χ2v) is 4.72. The number of nitrogens with zero attached hydrogens (tertiary/aromatic N) is 2. The minimum Gasteiger partial charge on any atom is -0.448 e. The van der Waals surface area contributed by atoms with Crippen LogP contribution in [0, 0.1) is 24.0 Å². The smallest absolute Gasteiger partial charge is 0.312 e. The van der Waals surface area contributed by atoms with Crippen LogP contribution in [-0.4, -0.2) is 9.91 Å². The van der Waals surface area contributed by atoms with Gasteiger partial charge in [0.05, 0.1) is 11.1 Å². The largest absolute Gasteiger partial charge is 0.448 e. The molecule has 20 heavy (non-hydrogen) atoms. The number of aromatic nitrogens is 1. The third kappa shape index (κ3) is 3.05. The Kier molecular flexibility index (Phi) is 4.20. The fourth-order valence-corrected chi connectivity index (χ4v) is 2.06. The molecule has 0 saturated heterocycles. The minimum absolute atomic E-state index is 0.0567. The van der Waals surface area contributed by atoms with Gasteiger partial charge in [-0.15, -0.1) is 11.6 Å². The molecule has 104 valence electrons. The van der Waals surface area contributed by atoms with Gasteiger partial charge in [0.25, 0.3) is 0 Å². The number of nitro groups is 1. The van der Waals surface area contributed by atoms with E-state index in [2.05, 4.69) is 4.98 Å². The van der Waals surface area contributed by atoms with Gasteiger partial charge in [0.2, 0.25) is 5.75 Å². The molecule has 0 unspecified atom stereocenters. The molecular weight excluding hydrogens is 280 g/mol. The van der Waals surface area contributed by atoms with Crippen molar-refractivity contribution in [2.24, 2.45) is 0 Å². The van der Waals surface area contributed by atoms with Crippen LogP contribution in [0.5, 0.6) is 11.5 Å². The van der Waals surface area contributed by atoms with Crippen molar-refractivity contribution in [3.8, 4) is 11.5 Å². The molecule has 0 saturated carbocycles. The molecule has 0 spiro atoms. The summed E-state index contributed by atoms with van der Waals surface area (Å²) in [4.78, 5) is 14.7. The molecule has 0 amide bonds. The van der Waals surface area contributed by atoms with Crippen molar-refractivity contribution in [1.82, 2.24) is 4.98 Å². The van der Waals surface area contributed by atoms with E-state index in [1.54, 1.807) is 26.1 Å². The highest BCUT2D eigenvalue weighted by atomic mass is 35.5. The van der Waals surface area contributed by atoms with E-state index in [1.807, 2.05) is 6.07 Å². The van der Waals surface area contributed by atoms with E-state index in [9.17, 15) is 10.1 Å². The first-order chi connectivity index (χ1) is 9.51. The van der Waals surface area contributed by atoms with Crippen LogP contribution in [0.1, 0.15) is 16.7 Å². The molecule has 1 aromatic heterocycles. The zero-order valence-electron chi connectivity index (χ0n) is 11.1. The van der Waals surface area contributed by atoms with Gasteiger partial charge in [-0.25, -0.2) is 0 Å². The number of nitro benzene ring substituents is 1. The molecule has 0 aliphatic rings. The Balaban J connectivity index is 2.44. The average molecular weight is 293 g/mol. The van der Waals surface area contributed by atoms with Gasteiger partial charge in [-0.05, 0) is 36.6 Å². The first kappa shape index (κ1) is 14.3. The summed E-state index contributed by atoms with van der Waals surface area (Å²) in [7, 11) is 0. The Morgan fingerprint density at radius 3 is 2.70 bits per heavy atom. The average Bonchev–Trinajstić information content (AvgIpc) is 2.41. The number of hydrogen-bond donors (Lipinski definition) is 0. The van der Waals surface area contributed by atoms with E-state index in [1.165, 1.54) is 12.3 Å². The quantitative estimate of drug-likeness (QED) is 0.482. The van der Waals surface area contributed by atoms with Crippen LogP contribution in [0.4, 0.5) is 5.69 Å². The van der Waals surface area contributed by atoms with Crippen LogP contribution in [0.15, 0.2) is 30.6 Å². The summed E-state index contributed by atoms with van der Waals surface area (Å²) >= 11 is 5.73. The molecule has 1 aromatic carbocycles. The molecule has 6 heteroatoms. The predicted molar refractivity (Wildman–Crippen MR) is 76.4 cm³/mol. The second-order valence-electron chi connectivity index (χ2n) is 4.45. The van der Waals surface area contributed by atoms with Crippen molar-refractivity contribution in [2.45, 2.75) is 19.7 Å². The summed E-state index contributed by atoms with van der Waals surface area (Å²) in [5.41, 5.74) is 2.25. The maximum atomic E-state index is 11.1. The van der Waals surface area contributed by atoms with Crippen molar-refractivity contribution >= 4 is 17.3 Å². The van der Waals surface area contributed by atoms with E-state index in [0.717, 1.165) is 11.1 Å². The van der Waals surface area contributed by atoms with E-state index >= 15 is 0 Å². The number of rotatable bonds is 4. The molecular formula is C14H13ClN2O3. The fourth-order valence-electron chi connectivity index (χ4n) is 1.91. The molecule has 0 radical (unpaired) electrons. The predicted octanol–water partition coefficient (Wildman–Crippen LogP) is 4.14. The summed E-state index contributed by atoms with van der Waals surface area (Å²) < 4.78 is 5.64. The number of halogens is 1. The Morgan fingerprint density at radius 1 is 1.30 bits per heavy atom. The highest BCUT2D eigenvalue weighted by Crippen LogP contribution is 2.35. The highest BCUT2D eigenvalue weighted by Gasteiger charge is 2.19. The van der Waals surface area contributed by atoms with Crippen molar-refractivity contribution in [3.05, 3.63) is 57.4 Å². The van der Waals surface area contributed by atoms with E-state index < -0.39 is 4.92 Å². The van der Waals surface area contributed by atoms with Crippen LogP contribution in [0.2, 0.25) is 0 Å². The van der Waals surface area contributed by atoms with Crippen LogP contribution < -0.4 is 4.74 Å². The highest BCUT2D eigenvalue weighted by molar-refractivity contribution is 6.17. The molecule has 2 rings (SSSR count). The first-order valence-corrected chi connectivity index (χ1v) is 6.48. The number of ether oxygens (including phenoxy) is 1. The molecule has 0 fully saturated rings. The first-order valence-electron chi connectivity index (χ1n) is 5.94. The standard InChI is InChI=1S/C14H13ClN2O3/c1-9-3-10(2)14(13(4-9)17(18)19)20-12-5-11(6-15)7-16-8-12/h3-5,7-8H,6H2,1-2H3. The lowest BCUT2D eigenvalue weighted by Crippen LogP contribution is -1.97. The number of hydrogen-bond acceptors (Lipinski definition) is 4. The summed E-state index contributed by atoms with van der Waals surface area (Å²) in [6, 6.07) is 5.03. The van der Waals surface area contributed by atoms with Crippen LogP contribution in [0.25, 0.3) is 0 Å². The van der Waals surface area contributed by atoms with Crippen LogP contribution in [-0.2, 0) is 5.88 Å². The molecule has 0 bridgehead atoms. The van der Waals surface area contributed by atoms with Crippen LogP contribution in [0.3, 0.4) is 0 Å². The fraction of sp³-hybridized carbons (Fsp3) is 0.214. The Morgan fingerprint density at radius 2 is 2.05 bits per heavy atom. The van der Waals surface area contributed by atoms with Crippen molar-refractivity contribution in [1.29, 1.82) is 0 Å². The second kappa shape index (κ2) is 5.88. The van der Waals surface area contributed by atoms with Gasteiger partial charge in [0, 0.05) is 18.1 Å². The van der Waals surface area contributed by atoms with E-state index in [4.69, 9.17) is 16.3 Å². The number of pyridine rings is 1. The lowest BCUT2D eigenvalue weighted by atomic mass is 10.1. The topological polar surface area (TPSA) is 65.3 Å². The Hall–Kier alpha value is -2.14. The lowest BCUT2D eigenvalue weighted by molar-refractivity contribution is -0.385. The molecule has 0 aliphatic heterocycles. The maximum Gasteiger partial charge on any atom is 0.312 e. The van der Waals surface area contributed by atoms with Crippen LogP contribution >= 0.6 is 11.6 Å². The number of aryl methyl sites for hydroxylation is 2. The molecule has 0 N–H and O–H groups in total. The van der Waals surface area contributed by atoms with Gasteiger partial charge in [-0.2, -0.15) is 0 Å².